The van der Waals surface area contributed by atoms with E-state index in [0.29, 0.717) is 12.1 Å². The van der Waals surface area contributed by atoms with Crippen molar-refractivity contribution >= 4 is 11.6 Å². The zero-order chi connectivity index (χ0) is 13.8. The van der Waals surface area contributed by atoms with Crippen molar-refractivity contribution in [2.75, 3.05) is 18.4 Å². The minimum atomic E-state index is -4.41. The van der Waals surface area contributed by atoms with Crippen molar-refractivity contribution in [2.45, 2.75) is 20.0 Å². The van der Waals surface area contributed by atoms with Gasteiger partial charge in [0.15, 0.2) is 0 Å². The summed E-state index contributed by atoms with van der Waals surface area (Å²) in [4.78, 5) is 11.4. The Balaban J connectivity index is 2.85. The molecule has 6 heteroatoms. The average molecular weight is 260 g/mol. The first kappa shape index (κ1) is 14.5. The molecule has 0 atom stereocenters. The van der Waals surface area contributed by atoms with Gasteiger partial charge in [-0.1, -0.05) is 13.0 Å². The molecule has 0 unspecified atom stereocenters. The lowest BCUT2D eigenvalue weighted by Crippen LogP contribution is -2.28. The summed E-state index contributed by atoms with van der Waals surface area (Å²) in [6.07, 6.45) is -4.41. The smallest absolute Gasteiger partial charge is 0.325 e. The normalized spacial score (nSPS) is 11.4. The van der Waals surface area contributed by atoms with Crippen LogP contribution in [0.15, 0.2) is 18.2 Å². The Morgan fingerprint density at radius 2 is 2.00 bits per heavy atom. The predicted octanol–water partition coefficient (Wildman–Crippen LogP) is 2.56. The van der Waals surface area contributed by atoms with E-state index in [2.05, 4.69) is 10.6 Å². The first-order valence-corrected chi connectivity index (χ1v) is 5.53. The van der Waals surface area contributed by atoms with Crippen molar-refractivity contribution in [3.63, 3.8) is 0 Å². The monoisotopic (exact) mass is 260 g/mol. The van der Waals surface area contributed by atoms with Gasteiger partial charge >= 0.3 is 6.18 Å². The molecule has 0 bridgehead atoms. The molecule has 18 heavy (non-hydrogen) atoms. The zero-order valence-corrected chi connectivity index (χ0v) is 10.2. The Labute approximate surface area is 103 Å². The number of alkyl halides is 3. The van der Waals surface area contributed by atoms with E-state index in [0.717, 1.165) is 12.1 Å². The molecule has 3 nitrogen and oxygen atoms in total. The molecule has 0 heterocycles. The molecule has 1 rings (SSSR count). The predicted molar refractivity (Wildman–Crippen MR) is 63.4 cm³/mol. The molecule has 0 fully saturated rings. The fourth-order valence-electron chi connectivity index (χ4n) is 1.37. The number of hydrogen-bond acceptors (Lipinski definition) is 2. The molecule has 0 aromatic heterocycles. The highest BCUT2D eigenvalue weighted by Crippen LogP contribution is 2.31. The van der Waals surface area contributed by atoms with E-state index in [4.69, 9.17) is 0 Å². The highest BCUT2D eigenvalue weighted by atomic mass is 19.4. The Kier molecular flexibility index (Phi) is 4.72. The van der Waals surface area contributed by atoms with E-state index < -0.39 is 11.7 Å². The maximum atomic E-state index is 12.5. The largest absolute Gasteiger partial charge is 0.416 e. The number of rotatable bonds is 4. The number of carbonyl (C=O) groups excluding carboxylic acids is 1. The number of nitrogens with one attached hydrogen (secondary N) is 2. The summed E-state index contributed by atoms with van der Waals surface area (Å²) in [6, 6.07) is 3.28. The van der Waals surface area contributed by atoms with Gasteiger partial charge in [0.1, 0.15) is 0 Å². The second-order valence-corrected chi connectivity index (χ2v) is 3.86. The Hall–Kier alpha value is -1.56. The van der Waals surface area contributed by atoms with Crippen LogP contribution in [0, 0.1) is 6.92 Å². The van der Waals surface area contributed by atoms with Crippen molar-refractivity contribution in [1.29, 1.82) is 0 Å². The van der Waals surface area contributed by atoms with Gasteiger partial charge in [-0.05, 0) is 31.2 Å². The van der Waals surface area contributed by atoms with Crippen LogP contribution in [0.2, 0.25) is 0 Å². The summed E-state index contributed by atoms with van der Waals surface area (Å²) in [7, 11) is 0. The quantitative estimate of drug-likeness (QED) is 0.873. The first-order chi connectivity index (χ1) is 8.34. The molecule has 100 valence electrons. The maximum absolute atomic E-state index is 12.5. The van der Waals surface area contributed by atoms with Crippen molar-refractivity contribution < 1.29 is 18.0 Å². The molecule has 0 spiro atoms. The summed E-state index contributed by atoms with van der Waals surface area (Å²) in [6.45, 7) is 4.17. The van der Waals surface area contributed by atoms with Crippen molar-refractivity contribution in [3.8, 4) is 0 Å². The van der Waals surface area contributed by atoms with Gasteiger partial charge in [-0.15, -0.1) is 0 Å². The number of halogens is 3. The molecule has 1 aromatic rings. The van der Waals surface area contributed by atoms with Crippen molar-refractivity contribution in [2.24, 2.45) is 0 Å². The van der Waals surface area contributed by atoms with Crippen LogP contribution in [0.3, 0.4) is 0 Å². The van der Waals surface area contributed by atoms with Crippen LogP contribution in [0.5, 0.6) is 0 Å². The number of benzene rings is 1. The Bertz CT molecular complexity index is 430. The van der Waals surface area contributed by atoms with Crippen LogP contribution in [0.1, 0.15) is 18.1 Å². The van der Waals surface area contributed by atoms with Gasteiger partial charge in [0.2, 0.25) is 5.91 Å². The second kappa shape index (κ2) is 5.86. The first-order valence-electron chi connectivity index (χ1n) is 5.53. The van der Waals surface area contributed by atoms with Crippen LogP contribution >= 0.6 is 0 Å². The molecule has 1 amide bonds. The molecule has 2 N–H and O–H groups in total. The highest BCUT2D eigenvalue weighted by molar-refractivity contribution is 5.93. The molecule has 0 aliphatic carbocycles. The van der Waals surface area contributed by atoms with E-state index >= 15 is 0 Å². The third kappa shape index (κ3) is 4.03. The fraction of sp³-hybridized carbons (Fsp3) is 0.417. The number of amides is 1. The van der Waals surface area contributed by atoms with E-state index in [-0.39, 0.29) is 18.1 Å². The zero-order valence-electron chi connectivity index (χ0n) is 10.2. The lowest BCUT2D eigenvalue weighted by Gasteiger charge is -2.12. The summed E-state index contributed by atoms with van der Waals surface area (Å²) in [5.74, 6) is -0.362. The van der Waals surface area contributed by atoms with Crippen LogP contribution in [-0.2, 0) is 11.0 Å². The van der Waals surface area contributed by atoms with E-state index in [9.17, 15) is 18.0 Å². The maximum Gasteiger partial charge on any atom is 0.416 e. The number of likely N-dealkylation sites (N-methyl/N-ethyl adjacent to an activating group) is 1. The van der Waals surface area contributed by atoms with Crippen molar-refractivity contribution in [1.82, 2.24) is 5.32 Å². The Morgan fingerprint density at radius 3 is 2.56 bits per heavy atom. The molecular formula is C12H15F3N2O. The summed E-state index contributed by atoms with van der Waals surface area (Å²) >= 11 is 0. The minimum Gasteiger partial charge on any atom is -0.325 e. The number of hydrogen-bond donors (Lipinski definition) is 2. The van der Waals surface area contributed by atoms with E-state index in [1.54, 1.807) is 6.92 Å². The molecule has 0 saturated heterocycles. The lowest BCUT2D eigenvalue weighted by atomic mass is 10.1. The topological polar surface area (TPSA) is 41.1 Å². The summed E-state index contributed by atoms with van der Waals surface area (Å²) in [5.41, 5.74) is 0.00688. The van der Waals surface area contributed by atoms with Gasteiger partial charge < -0.3 is 10.6 Å². The standard InChI is InChI=1S/C12H15F3N2O/c1-3-16-7-11(18)17-10-6-9(12(13,14)15)5-4-8(10)2/h4-6,16H,3,7H2,1-2H3,(H,17,18). The van der Waals surface area contributed by atoms with Crippen LogP contribution < -0.4 is 10.6 Å². The van der Waals surface area contributed by atoms with Crippen LogP contribution in [-0.4, -0.2) is 19.0 Å². The summed E-state index contributed by atoms with van der Waals surface area (Å²) < 4.78 is 37.5. The third-order valence-corrected chi connectivity index (χ3v) is 2.37. The van der Waals surface area contributed by atoms with E-state index in [1.165, 1.54) is 6.07 Å². The van der Waals surface area contributed by atoms with Crippen molar-refractivity contribution in [3.05, 3.63) is 29.3 Å². The fourth-order valence-corrected chi connectivity index (χ4v) is 1.37. The van der Waals surface area contributed by atoms with Gasteiger partial charge in [-0.25, -0.2) is 0 Å². The molecular weight excluding hydrogens is 245 g/mol. The van der Waals surface area contributed by atoms with Gasteiger partial charge in [0.25, 0.3) is 0 Å². The van der Waals surface area contributed by atoms with Gasteiger partial charge in [0.05, 0.1) is 12.1 Å². The third-order valence-electron chi connectivity index (χ3n) is 2.37. The molecule has 1 aromatic carbocycles. The van der Waals surface area contributed by atoms with Crippen LogP contribution in [0.25, 0.3) is 0 Å². The minimum absolute atomic E-state index is 0.0756. The molecule has 0 aliphatic heterocycles. The number of carbonyl (C=O) groups is 1. The van der Waals surface area contributed by atoms with Gasteiger partial charge in [-0.3, -0.25) is 4.79 Å². The number of aryl methyl sites for hydroxylation is 1. The van der Waals surface area contributed by atoms with Crippen LogP contribution in [0.4, 0.5) is 18.9 Å². The second-order valence-electron chi connectivity index (χ2n) is 3.86. The Morgan fingerprint density at radius 1 is 1.33 bits per heavy atom. The van der Waals surface area contributed by atoms with E-state index in [1.807, 2.05) is 6.92 Å². The number of anilines is 1. The SMILES string of the molecule is CCNCC(=O)Nc1cc(C(F)(F)F)ccc1C. The molecule has 0 radical (unpaired) electrons. The van der Waals surface area contributed by atoms with Gasteiger partial charge in [0, 0.05) is 5.69 Å². The highest BCUT2D eigenvalue weighted by Gasteiger charge is 2.30. The average Bonchev–Trinajstić information content (AvgIpc) is 2.28. The summed E-state index contributed by atoms with van der Waals surface area (Å²) in [5, 5.41) is 5.25. The lowest BCUT2D eigenvalue weighted by molar-refractivity contribution is -0.137. The molecule has 0 aliphatic rings. The van der Waals surface area contributed by atoms with Gasteiger partial charge in [-0.2, -0.15) is 13.2 Å². The molecule has 0 saturated carbocycles.